The maximum absolute atomic E-state index is 5.89. The Labute approximate surface area is 104 Å². The van der Waals surface area contributed by atoms with Gasteiger partial charge in [-0.15, -0.1) is 11.3 Å². The van der Waals surface area contributed by atoms with Gasteiger partial charge in [0.05, 0.1) is 10.5 Å². The molecule has 0 spiro atoms. The van der Waals surface area contributed by atoms with Gasteiger partial charge < -0.3 is 0 Å². The molecule has 2 aromatic heterocycles. The first kappa shape index (κ1) is 11.6. The van der Waals surface area contributed by atoms with Gasteiger partial charge in [-0.25, -0.2) is 0 Å². The molecule has 0 aliphatic rings. The fourth-order valence-electron chi connectivity index (χ4n) is 1.62. The molecule has 0 amide bonds. The topological polar surface area (TPSA) is 21.1 Å². The quantitative estimate of drug-likeness (QED) is 0.838. The monoisotopic (exact) mass is 255 g/mol. The van der Waals surface area contributed by atoms with Crippen LogP contribution >= 0.6 is 22.9 Å². The second-order valence-electron chi connectivity index (χ2n) is 3.90. The molecule has 0 aliphatic carbocycles. The van der Waals surface area contributed by atoms with Crippen molar-refractivity contribution >= 4 is 22.9 Å². The highest BCUT2D eigenvalue weighted by Crippen LogP contribution is 2.22. The number of aromatic nitrogens is 2. The molecule has 0 N–H and O–H groups in total. The van der Waals surface area contributed by atoms with Gasteiger partial charge in [0.2, 0.25) is 0 Å². The largest absolute Gasteiger partial charge is 0.297 e. The zero-order chi connectivity index (χ0) is 11.5. The lowest BCUT2D eigenvalue weighted by molar-refractivity contribution is 0.322. The van der Waals surface area contributed by atoms with Crippen molar-refractivity contribution in [3.8, 4) is 0 Å². The van der Waals surface area contributed by atoms with E-state index in [2.05, 4.69) is 23.1 Å². The Hall–Kier alpha value is -0.840. The van der Waals surface area contributed by atoms with Gasteiger partial charge in [-0.05, 0) is 19.2 Å². The molecule has 0 atom stereocenters. The van der Waals surface area contributed by atoms with Crippen molar-refractivity contribution in [3.05, 3.63) is 39.3 Å². The zero-order valence-corrected chi connectivity index (χ0v) is 10.9. The van der Waals surface area contributed by atoms with Gasteiger partial charge in [-0.3, -0.25) is 9.58 Å². The van der Waals surface area contributed by atoms with E-state index in [0.29, 0.717) is 0 Å². The summed E-state index contributed by atoms with van der Waals surface area (Å²) in [5.74, 6) is 0. The molecule has 0 radical (unpaired) electrons. The van der Waals surface area contributed by atoms with E-state index in [4.69, 9.17) is 11.6 Å². The van der Waals surface area contributed by atoms with Crippen molar-refractivity contribution in [1.82, 2.24) is 14.7 Å². The van der Waals surface area contributed by atoms with E-state index in [1.54, 1.807) is 11.3 Å². The lowest BCUT2D eigenvalue weighted by atomic mass is 10.3. The van der Waals surface area contributed by atoms with Crippen LogP contribution < -0.4 is 0 Å². The van der Waals surface area contributed by atoms with Crippen LogP contribution in [0.3, 0.4) is 0 Å². The van der Waals surface area contributed by atoms with Crippen LogP contribution in [0, 0.1) is 0 Å². The van der Waals surface area contributed by atoms with Crippen molar-refractivity contribution in [2.24, 2.45) is 7.05 Å². The van der Waals surface area contributed by atoms with Gasteiger partial charge in [0.15, 0.2) is 0 Å². The summed E-state index contributed by atoms with van der Waals surface area (Å²) in [6.45, 7) is 1.83. The van der Waals surface area contributed by atoms with Crippen LogP contribution in [0.25, 0.3) is 0 Å². The van der Waals surface area contributed by atoms with E-state index >= 15 is 0 Å². The minimum absolute atomic E-state index is 0.852. The predicted octanol–water partition coefficient (Wildman–Crippen LogP) is 2.77. The molecule has 0 aliphatic heterocycles. The average Bonchev–Trinajstić information content (AvgIpc) is 2.76. The summed E-state index contributed by atoms with van der Waals surface area (Å²) < 4.78 is 2.68. The molecule has 0 bridgehead atoms. The van der Waals surface area contributed by atoms with Crippen LogP contribution in [0.2, 0.25) is 4.34 Å². The van der Waals surface area contributed by atoms with Crippen LogP contribution in [-0.4, -0.2) is 21.7 Å². The number of rotatable bonds is 4. The van der Waals surface area contributed by atoms with Crippen LogP contribution in [-0.2, 0) is 20.1 Å². The highest BCUT2D eigenvalue weighted by atomic mass is 35.5. The van der Waals surface area contributed by atoms with Crippen molar-refractivity contribution in [2.45, 2.75) is 13.1 Å². The molecule has 0 aromatic carbocycles. The third-order valence-electron chi connectivity index (χ3n) is 2.27. The first-order valence-corrected chi connectivity index (χ1v) is 6.23. The molecule has 0 saturated heterocycles. The van der Waals surface area contributed by atoms with Gasteiger partial charge in [-0.2, -0.15) is 5.10 Å². The SMILES string of the molecule is CN(Cc1cnn(C)c1)Cc1ccc(Cl)s1. The van der Waals surface area contributed by atoms with Gasteiger partial charge in [0, 0.05) is 36.8 Å². The minimum atomic E-state index is 0.852. The number of hydrogen-bond acceptors (Lipinski definition) is 3. The number of halogens is 1. The normalized spacial score (nSPS) is 11.2. The van der Waals surface area contributed by atoms with Crippen molar-refractivity contribution in [1.29, 1.82) is 0 Å². The molecule has 5 heteroatoms. The highest BCUT2D eigenvalue weighted by Gasteiger charge is 2.05. The molecule has 2 rings (SSSR count). The summed E-state index contributed by atoms with van der Waals surface area (Å²) >= 11 is 7.53. The first-order chi connectivity index (χ1) is 7.63. The maximum atomic E-state index is 5.89. The fraction of sp³-hybridized carbons (Fsp3) is 0.364. The first-order valence-electron chi connectivity index (χ1n) is 5.04. The van der Waals surface area contributed by atoms with Gasteiger partial charge in [0.25, 0.3) is 0 Å². The average molecular weight is 256 g/mol. The molecule has 2 aromatic rings. The Balaban J connectivity index is 1.91. The predicted molar refractivity (Wildman–Crippen MR) is 67.7 cm³/mol. The molecule has 3 nitrogen and oxygen atoms in total. The second kappa shape index (κ2) is 4.99. The Kier molecular flexibility index (Phi) is 3.63. The van der Waals surface area contributed by atoms with E-state index in [1.807, 2.05) is 30.2 Å². The van der Waals surface area contributed by atoms with Crippen LogP contribution in [0.1, 0.15) is 10.4 Å². The molecule has 2 heterocycles. The fourth-order valence-corrected chi connectivity index (χ4v) is 2.79. The van der Waals surface area contributed by atoms with Gasteiger partial charge >= 0.3 is 0 Å². The number of thiophene rings is 1. The molecule has 0 saturated carbocycles. The van der Waals surface area contributed by atoms with E-state index in [9.17, 15) is 0 Å². The lowest BCUT2D eigenvalue weighted by Crippen LogP contribution is -2.16. The minimum Gasteiger partial charge on any atom is -0.297 e. The summed E-state index contributed by atoms with van der Waals surface area (Å²) in [6, 6.07) is 4.02. The Morgan fingerprint density at radius 3 is 2.81 bits per heavy atom. The third kappa shape index (κ3) is 3.07. The molecule has 16 heavy (non-hydrogen) atoms. The standard InChI is InChI=1S/C11H14ClN3S/c1-14(6-9-5-13-15(2)7-9)8-10-3-4-11(12)16-10/h3-5,7H,6,8H2,1-2H3. The second-order valence-corrected chi connectivity index (χ2v) is 5.70. The summed E-state index contributed by atoms with van der Waals surface area (Å²) in [4.78, 5) is 3.54. The highest BCUT2D eigenvalue weighted by molar-refractivity contribution is 7.16. The zero-order valence-electron chi connectivity index (χ0n) is 9.35. The third-order valence-corrected chi connectivity index (χ3v) is 3.48. The number of nitrogens with zero attached hydrogens (tertiary/aromatic N) is 3. The molecular formula is C11H14ClN3S. The van der Waals surface area contributed by atoms with Crippen molar-refractivity contribution in [2.75, 3.05) is 7.05 Å². The Bertz CT molecular complexity index is 421. The summed E-state index contributed by atoms with van der Waals surface area (Å²) in [5.41, 5.74) is 1.23. The van der Waals surface area contributed by atoms with E-state index in [-0.39, 0.29) is 0 Å². The van der Waals surface area contributed by atoms with E-state index in [0.717, 1.165) is 17.4 Å². The van der Waals surface area contributed by atoms with Crippen LogP contribution in [0.4, 0.5) is 0 Å². The van der Waals surface area contributed by atoms with Crippen molar-refractivity contribution in [3.63, 3.8) is 0 Å². The summed E-state index contributed by atoms with van der Waals surface area (Å²) in [6.07, 6.45) is 3.94. The van der Waals surface area contributed by atoms with Crippen LogP contribution in [0.5, 0.6) is 0 Å². The van der Waals surface area contributed by atoms with Crippen molar-refractivity contribution < 1.29 is 0 Å². The molecule has 0 unspecified atom stereocenters. The maximum Gasteiger partial charge on any atom is 0.0931 e. The number of aryl methyl sites for hydroxylation is 1. The molecule has 0 fully saturated rings. The van der Waals surface area contributed by atoms with Gasteiger partial charge in [-0.1, -0.05) is 11.6 Å². The van der Waals surface area contributed by atoms with E-state index < -0.39 is 0 Å². The molecule has 86 valence electrons. The van der Waals surface area contributed by atoms with E-state index in [1.165, 1.54) is 10.4 Å². The van der Waals surface area contributed by atoms with Gasteiger partial charge in [0.1, 0.15) is 0 Å². The Morgan fingerprint density at radius 2 is 2.25 bits per heavy atom. The smallest absolute Gasteiger partial charge is 0.0931 e. The number of hydrogen-bond donors (Lipinski definition) is 0. The Morgan fingerprint density at radius 1 is 1.44 bits per heavy atom. The summed E-state index contributed by atoms with van der Waals surface area (Å²) in [5, 5.41) is 4.15. The summed E-state index contributed by atoms with van der Waals surface area (Å²) in [7, 11) is 4.03. The molecular weight excluding hydrogens is 242 g/mol. The van der Waals surface area contributed by atoms with Crippen LogP contribution in [0.15, 0.2) is 24.5 Å². The lowest BCUT2D eigenvalue weighted by Gasteiger charge is -2.13.